The van der Waals surface area contributed by atoms with Crippen molar-refractivity contribution in [1.29, 1.82) is 0 Å². The number of carbonyl (C=O) groups is 2. The highest BCUT2D eigenvalue weighted by molar-refractivity contribution is 5.80. The van der Waals surface area contributed by atoms with Crippen molar-refractivity contribution in [3.05, 3.63) is 48.6 Å². The molecule has 1 aliphatic heterocycles. The maximum absolute atomic E-state index is 13.4. The van der Waals surface area contributed by atoms with Crippen molar-refractivity contribution < 1.29 is 49.3 Å². The van der Waals surface area contributed by atoms with Gasteiger partial charge in [0.25, 0.3) is 0 Å². The molecule has 0 aromatic carbocycles. The highest BCUT2D eigenvalue weighted by atomic mass is 16.7. The van der Waals surface area contributed by atoms with Gasteiger partial charge in [-0.2, -0.15) is 0 Å². The van der Waals surface area contributed by atoms with Crippen LogP contribution >= 0.6 is 0 Å². The van der Waals surface area contributed by atoms with Crippen molar-refractivity contribution in [3.63, 3.8) is 0 Å². The van der Waals surface area contributed by atoms with Crippen LogP contribution in [0, 0.1) is 0 Å². The molecule has 79 heavy (non-hydrogen) atoms. The van der Waals surface area contributed by atoms with E-state index in [1.54, 1.807) is 6.08 Å². The number of rotatable bonds is 57. The molecule has 1 amide bonds. The Hall–Kier alpha value is -2.38. The molecule has 1 heterocycles. The summed E-state index contributed by atoms with van der Waals surface area (Å²) in [5.41, 5.74) is 0. The second-order valence-electron chi connectivity index (χ2n) is 23.2. The van der Waals surface area contributed by atoms with Crippen LogP contribution in [0.15, 0.2) is 48.6 Å². The zero-order valence-electron chi connectivity index (χ0n) is 51.2. The average molecular weight is 1120 g/mol. The van der Waals surface area contributed by atoms with Gasteiger partial charge in [0, 0.05) is 6.42 Å². The predicted octanol–water partition coefficient (Wildman–Crippen LogP) is 16.4. The van der Waals surface area contributed by atoms with E-state index in [0.717, 1.165) is 70.6 Å². The minimum absolute atomic E-state index is 0.123. The van der Waals surface area contributed by atoms with E-state index in [-0.39, 0.29) is 13.0 Å². The molecule has 1 rings (SSSR count). The van der Waals surface area contributed by atoms with E-state index >= 15 is 0 Å². The monoisotopic (exact) mass is 1120 g/mol. The van der Waals surface area contributed by atoms with Gasteiger partial charge < -0.3 is 45.1 Å². The van der Waals surface area contributed by atoms with Gasteiger partial charge in [0.2, 0.25) is 5.91 Å². The molecule has 6 N–H and O–H groups in total. The number of unbranched alkanes of at least 4 members (excludes halogenated alkanes) is 37. The number of aliphatic hydroxyl groups is 5. The molecule has 0 spiro atoms. The minimum Gasteiger partial charge on any atom is -0.454 e. The van der Waals surface area contributed by atoms with Crippen LogP contribution in [0.25, 0.3) is 0 Å². The summed E-state index contributed by atoms with van der Waals surface area (Å²) >= 11 is 0. The van der Waals surface area contributed by atoms with Crippen molar-refractivity contribution in [3.8, 4) is 0 Å². The van der Waals surface area contributed by atoms with Gasteiger partial charge in [0.15, 0.2) is 12.4 Å². The van der Waals surface area contributed by atoms with Crippen LogP contribution in [-0.4, -0.2) is 99.6 Å². The molecule has 1 aliphatic rings. The summed E-state index contributed by atoms with van der Waals surface area (Å²) in [4.78, 5) is 26.6. The lowest BCUT2D eigenvalue weighted by molar-refractivity contribution is -0.305. The highest BCUT2D eigenvalue weighted by Crippen LogP contribution is 2.26. The van der Waals surface area contributed by atoms with E-state index in [1.165, 1.54) is 193 Å². The van der Waals surface area contributed by atoms with Crippen molar-refractivity contribution in [2.45, 2.75) is 359 Å². The molecule has 0 aromatic heterocycles. The molecule has 0 aromatic rings. The van der Waals surface area contributed by atoms with E-state index in [0.29, 0.717) is 19.3 Å². The molecule has 462 valence electrons. The first-order valence-electron chi connectivity index (χ1n) is 33.4. The Kier molecular flexibility index (Phi) is 53.0. The molecular weight excluding hydrogens is 991 g/mol. The van der Waals surface area contributed by atoms with Crippen LogP contribution in [0.3, 0.4) is 0 Å². The summed E-state index contributed by atoms with van der Waals surface area (Å²) in [5, 5.41) is 57.0. The molecule has 0 radical (unpaired) electrons. The molecule has 0 aliphatic carbocycles. The van der Waals surface area contributed by atoms with Crippen molar-refractivity contribution in [1.82, 2.24) is 5.32 Å². The van der Waals surface area contributed by atoms with E-state index in [4.69, 9.17) is 14.2 Å². The van der Waals surface area contributed by atoms with Gasteiger partial charge in [0.1, 0.15) is 24.4 Å². The summed E-state index contributed by atoms with van der Waals surface area (Å²) in [6.45, 7) is 5.78. The summed E-state index contributed by atoms with van der Waals surface area (Å²) in [6, 6.07) is -1.02. The first-order valence-corrected chi connectivity index (χ1v) is 33.4. The van der Waals surface area contributed by atoms with Crippen LogP contribution in [0.1, 0.15) is 310 Å². The third-order valence-electron chi connectivity index (χ3n) is 15.7. The van der Waals surface area contributed by atoms with Crippen LogP contribution < -0.4 is 5.32 Å². The number of aliphatic hydroxyl groups excluding tert-OH is 5. The van der Waals surface area contributed by atoms with Gasteiger partial charge in [-0.25, -0.2) is 0 Å². The van der Waals surface area contributed by atoms with Crippen LogP contribution in [0.5, 0.6) is 0 Å². The summed E-state index contributed by atoms with van der Waals surface area (Å²) in [6.07, 6.45) is 58.6. The average Bonchev–Trinajstić information content (AvgIpc) is 3.49. The zero-order valence-corrected chi connectivity index (χ0v) is 51.2. The van der Waals surface area contributed by atoms with Gasteiger partial charge in [-0.1, -0.05) is 288 Å². The van der Waals surface area contributed by atoms with E-state index in [2.05, 4.69) is 62.5 Å². The predicted molar refractivity (Wildman–Crippen MR) is 329 cm³/mol. The van der Waals surface area contributed by atoms with Crippen molar-refractivity contribution in [2.24, 2.45) is 0 Å². The fourth-order valence-corrected chi connectivity index (χ4v) is 10.4. The second kappa shape index (κ2) is 56.1. The number of allylic oxidation sites excluding steroid dienone is 7. The number of hydrogen-bond acceptors (Lipinski definition) is 10. The molecule has 1 fully saturated rings. The third kappa shape index (κ3) is 43.9. The van der Waals surface area contributed by atoms with Crippen LogP contribution in [0.2, 0.25) is 0 Å². The van der Waals surface area contributed by atoms with Crippen LogP contribution in [0.4, 0.5) is 0 Å². The van der Waals surface area contributed by atoms with Crippen molar-refractivity contribution in [2.75, 3.05) is 13.2 Å². The highest BCUT2D eigenvalue weighted by Gasteiger charge is 2.47. The Morgan fingerprint density at radius 1 is 0.494 bits per heavy atom. The van der Waals surface area contributed by atoms with Crippen LogP contribution in [-0.2, 0) is 23.8 Å². The standard InChI is InChI=1S/C68H125NO10/c1-4-7-10-13-16-19-22-25-26-27-28-29-30-31-32-33-34-35-36-38-41-44-47-50-53-56-63(73)79-66-65(75)64(74)62(57-70)78-68(66)77-58-59(60(71)54-51-48-45-42-39-24-21-18-15-12-9-6-3)69-67(76)61(72)55-52-49-46-43-40-37-23-20-17-14-11-8-5-2/h16,19,25-26,28-29,51,54,59-62,64-66,68,70-72,74-75H,4-15,17-18,20-24,27,30-50,52-53,55-58H2,1-3H3,(H,69,76)/b19-16-,26-25-,29-28-,54-51+. The Labute approximate surface area is 485 Å². The zero-order chi connectivity index (χ0) is 57.5. The molecule has 8 unspecified atom stereocenters. The van der Waals surface area contributed by atoms with E-state index in [1.807, 2.05) is 6.08 Å². The Balaban J connectivity index is 2.57. The lowest BCUT2D eigenvalue weighted by Gasteiger charge is -2.41. The Bertz CT molecular complexity index is 1470. The van der Waals surface area contributed by atoms with Gasteiger partial charge in [-0.05, 0) is 64.2 Å². The first-order chi connectivity index (χ1) is 38.7. The number of carbonyl (C=O) groups excluding carboxylic acids is 2. The Morgan fingerprint density at radius 2 is 0.873 bits per heavy atom. The number of esters is 1. The number of hydrogen-bond donors (Lipinski definition) is 6. The largest absolute Gasteiger partial charge is 0.454 e. The third-order valence-corrected chi connectivity index (χ3v) is 15.7. The van der Waals surface area contributed by atoms with Gasteiger partial charge in [-0.3, -0.25) is 9.59 Å². The number of amides is 1. The quantitative estimate of drug-likeness (QED) is 0.0195. The maximum Gasteiger partial charge on any atom is 0.306 e. The number of ether oxygens (including phenoxy) is 3. The SMILES string of the molecule is CCCCC/C=C\C/C=C\C/C=C\CCCCCCCCCCCCCCC(=O)OC1C(OCC(NC(=O)C(O)CCCCCCCCCCCCCCC)C(O)/C=C/CCCCCCCCCCCC)OC(CO)C(O)C1O. The molecule has 0 bridgehead atoms. The molecule has 8 atom stereocenters. The van der Waals surface area contributed by atoms with E-state index in [9.17, 15) is 35.1 Å². The number of nitrogens with one attached hydrogen (secondary N) is 1. The first kappa shape index (κ1) is 74.6. The summed E-state index contributed by atoms with van der Waals surface area (Å²) in [7, 11) is 0. The lowest BCUT2D eigenvalue weighted by atomic mass is 9.99. The fourth-order valence-electron chi connectivity index (χ4n) is 10.4. The fraction of sp³-hybridized carbons (Fsp3) is 0.853. The Morgan fingerprint density at radius 3 is 1.33 bits per heavy atom. The molecule has 11 nitrogen and oxygen atoms in total. The molecule has 1 saturated heterocycles. The second-order valence-corrected chi connectivity index (χ2v) is 23.2. The maximum atomic E-state index is 13.4. The topological polar surface area (TPSA) is 175 Å². The van der Waals surface area contributed by atoms with Crippen molar-refractivity contribution >= 4 is 11.9 Å². The summed E-state index contributed by atoms with van der Waals surface area (Å²) < 4.78 is 17.7. The molecular formula is C68H125NO10. The smallest absolute Gasteiger partial charge is 0.306 e. The van der Waals surface area contributed by atoms with Gasteiger partial charge in [0.05, 0.1) is 25.4 Å². The molecule has 11 heteroatoms. The van der Waals surface area contributed by atoms with E-state index < -0.39 is 67.4 Å². The molecule has 0 saturated carbocycles. The summed E-state index contributed by atoms with van der Waals surface area (Å²) in [5.74, 6) is -1.19. The lowest BCUT2D eigenvalue weighted by Crippen LogP contribution is -2.61. The van der Waals surface area contributed by atoms with Gasteiger partial charge in [-0.15, -0.1) is 0 Å². The minimum atomic E-state index is -1.61. The van der Waals surface area contributed by atoms with Gasteiger partial charge >= 0.3 is 5.97 Å². The normalized spacial score (nSPS) is 19.1.